The largest absolute Gasteiger partial charge is 0.497 e. The van der Waals surface area contributed by atoms with E-state index in [9.17, 15) is 0 Å². The zero-order chi connectivity index (χ0) is 45.9. The first-order valence-corrected chi connectivity index (χ1v) is 26.7. The van der Waals surface area contributed by atoms with E-state index in [1.807, 2.05) is 6.07 Å². The average Bonchev–Trinajstić information content (AvgIpc) is 3.33. The van der Waals surface area contributed by atoms with E-state index in [1.54, 1.807) is 14.2 Å². The molecule has 0 unspecified atom stereocenters. The van der Waals surface area contributed by atoms with Crippen molar-refractivity contribution in [1.82, 2.24) is 0 Å². The van der Waals surface area contributed by atoms with E-state index in [4.69, 9.17) is 9.47 Å². The lowest BCUT2D eigenvalue weighted by atomic mass is 9.92. The highest BCUT2D eigenvalue weighted by atomic mass is 16.5. The van der Waals surface area contributed by atoms with Crippen LogP contribution in [0.2, 0.25) is 0 Å². The van der Waals surface area contributed by atoms with Crippen molar-refractivity contribution in [2.45, 2.75) is 201 Å². The topological polar surface area (TPSA) is 18.5 Å². The highest BCUT2D eigenvalue weighted by molar-refractivity contribution is 5.95. The summed E-state index contributed by atoms with van der Waals surface area (Å²) in [4.78, 5) is 0. The lowest BCUT2D eigenvalue weighted by Gasteiger charge is -2.15. The minimum Gasteiger partial charge on any atom is -0.497 e. The van der Waals surface area contributed by atoms with E-state index >= 15 is 0 Å². The van der Waals surface area contributed by atoms with Gasteiger partial charge in [0.2, 0.25) is 0 Å². The van der Waals surface area contributed by atoms with Crippen molar-refractivity contribution in [3.05, 3.63) is 119 Å². The Morgan fingerprint density at radius 3 is 1.09 bits per heavy atom. The summed E-state index contributed by atoms with van der Waals surface area (Å²) in [7, 11) is 3.53. The maximum atomic E-state index is 5.96. The standard InChI is InChI=1S/C42H58O.C21H30O/c1-5-7-9-11-13-15-17-19-21-34-23-25-36-27-33(3)40(30-38(36)28-34)41-31-39-29-35(24-26-37(39)32-42(41)43-4)22-20-18-16-14-12-10-8-6-2;1-3-4-5-6-7-8-9-10-11-18-12-13-20-17-21(22-2)15-14-19(20)16-18/h23-32H,5-22H2,1-4H3;12-17H,3-11H2,1-2H3. The Hall–Kier alpha value is -4.30. The van der Waals surface area contributed by atoms with Gasteiger partial charge in [-0.3, -0.25) is 0 Å². The van der Waals surface area contributed by atoms with Gasteiger partial charge in [-0.05, 0) is 136 Å². The predicted molar refractivity (Wildman–Crippen MR) is 288 cm³/mol. The molecule has 0 aliphatic carbocycles. The predicted octanol–water partition coefficient (Wildman–Crippen LogP) is 19.9. The van der Waals surface area contributed by atoms with Crippen molar-refractivity contribution in [1.29, 1.82) is 0 Å². The van der Waals surface area contributed by atoms with Crippen molar-refractivity contribution in [3.63, 3.8) is 0 Å². The first-order valence-electron chi connectivity index (χ1n) is 26.7. The number of methoxy groups -OCH3 is 2. The summed E-state index contributed by atoms with van der Waals surface area (Å²) in [6.07, 6.45) is 36.5. The van der Waals surface area contributed by atoms with Gasteiger partial charge >= 0.3 is 0 Å². The highest BCUT2D eigenvalue weighted by Crippen LogP contribution is 2.38. The Morgan fingerprint density at radius 2 is 0.662 bits per heavy atom. The molecule has 0 saturated heterocycles. The minimum absolute atomic E-state index is 0.934. The van der Waals surface area contributed by atoms with Gasteiger partial charge in [0.05, 0.1) is 14.2 Å². The van der Waals surface area contributed by atoms with Gasteiger partial charge in [0.1, 0.15) is 11.5 Å². The molecule has 0 fully saturated rings. The van der Waals surface area contributed by atoms with Crippen LogP contribution in [0.25, 0.3) is 43.4 Å². The van der Waals surface area contributed by atoms with E-state index in [0.717, 1.165) is 11.5 Å². The molecule has 6 aromatic rings. The molecule has 0 atom stereocenters. The Labute approximate surface area is 397 Å². The summed E-state index contributed by atoms with van der Waals surface area (Å²) in [5.41, 5.74) is 8.16. The first kappa shape index (κ1) is 51.7. The SMILES string of the molecule is CCCCCCCCCCc1ccc2cc(C)c(-c3cc4cc(CCCCCCCCCC)ccc4cc3OC)cc2c1.CCCCCCCCCCc1ccc2cc(OC)ccc2c1. The second-order valence-electron chi connectivity index (χ2n) is 19.3. The molecule has 2 heteroatoms. The normalized spacial score (nSPS) is 11.4. The first-order chi connectivity index (χ1) is 32.0. The molecular formula is C63H88O2. The third-order valence-corrected chi connectivity index (χ3v) is 13.8. The molecule has 6 rings (SSSR count). The summed E-state index contributed by atoms with van der Waals surface area (Å²) in [6, 6.07) is 36.6. The Kier molecular flexibility index (Phi) is 23.9. The maximum absolute atomic E-state index is 5.96. The summed E-state index contributed by atoms with van der Waals surface area (Å²) in [5, 5.41) is 7.82. The summed E-state index contributed by atoms with van der Waals surface area (Å²) < 4.78 is 11.2. The number of ether oxygens (including phenoxy) is 2. The maximum Gasteiger partial charge on any atom is 0.127 e. The van der Waals surface area contributed by atoms with Gasteiger partial charge in [-0.15, -0.1) is 0 Å². The van der Waals surface area contributed by atoms with Crippen LogP contribution in [0.15, 0.2) is 97.1 Å². The van der Waals surface area contributed by atoms with Crippen LogP contribution < -0.4 is 9.47 Å². The zero-order valence-electron chi connectivity index (χ0n) is 42.1. The third-order valence-electron chi connectivity index (χ3n) is 13.8. The lowest BCUT2D eigenvalue weighted by molar-refractivity contribution is 0.415. The number of hydrogen-bond donors (Lipinski definition) is 0. The van der Waals surface area contributed by atoms with E-state index < -0.39 is 0 Å². The number of fused-ring (bicyclic) bond motifs is 3. The summed E-state index contributed by atoms with van der Waals surface area (Å²) in [5.74, 6) is 1.89. The quantitative estimate of drug-likeness (QED) is 0.0420. The van der Waals surface area contributed by atoms with Crippen molar-refractivity contribution in [3.8, 4) is 22.6 Å². The van der Waals surface area contributed by atoms with Gasteiger partial charge in [0.25, 0.3) is 0 Å². The van der Waals surface area contributed by atoms with Gasteiger partial charge in [-0.1, -0.05) is 222 Å². The molecule has 0 saturated carbocycles. The molecule has 0 aliphatic heterocycles. The molecule has 0 spiro atoms. The molecule has 0 aromatic heterocycles. The number of benzene rings is 6. The molecule has 0 N–H and O–H groups in total. The Balaban J connectivity index is 0.000000302. The van der Waals surface area contributed by atoms with E-state index in [-0.39, 0.29) is 0 Å². The van der Waals surface area contributed by atoms with Crippen LogP contribution in [0.5, 0.6) is 11.5 Å². The van der Waals surface area contributed by atoms with Gasteiger partial charge in [0, 0.05) is 5.56 Å². The van der Waals surface area contributed by atoms with Crippen LogP contribution in [0.3, 0.4) is 0 Å². The second-order valence-corrected chi connectivity index (χ2v) is 19.3. The molecule has 6 aromatic carbocycles. The van der Waals surface area contributed by atoms with Crippen molar-refractivity contribution < 1.29 is 9.47 Å². The van der Waals surface area contributed by atoms with Crippen molar-refractivity contribution >= 4 is 32.3 Å². The van der Waals surface area contributed by atoms with Crippen LogP contribution in [-0.4, -0.2) is 14.2 Å². The fourth-order valence-electron chi connectivity index (χ4n) is 9.71. The monoisotopic (exact) mass is 877 g/mol. The number of hydrogen-bond acceptors (Lipinski definition) is 2. The van der Waals surface area contributed by atoms with Crippen molar-refractivity contribution in [2.24, 2.45) is 0 Å². The van der Waals surface area contributed by atoms with Gasteiger partial charge in [-0.25, -0.2) is 0 Å². The number of aryl methyl sites for hydroxylation is 4. The third kappa shape index (κ3) is 17.8. The minimum atomic E-state index is 0.934. The average molecular weight is 877 g/mol. The lowest BCUT2D eigenvalue weighted by Crippen LogP contribution is -1.93. The molecular weight excluding hydrogens is 789 g/mol. The Bertz CT molecular complexity index is 2250. The van der Waals surface area contributed by atoms with Crippen LogP contribution in [0.4, 0.5) is 0 Å². The molecule has 0 heterocycles. The summed E-state index contributed by atoms with van der Waals surface area (Å²) in [6.45, 7) is 9.10. The Morgan fingerprint density at radius 1 is 0.308 bits per heavy atom. The van der Waals surface area contributed by atoms with Gasteiger partial charge in [0.15, 0.2) is 0 Å². The van der Waals surface area contributed by atoms with Gasteiger partial charge < -0.3 is 9.47 Å². The molecule has 0 aliphatic rings. The van der Waals surface area contributed by atoms with Gasteiger partial charge in [-0.2, -0.15) is 0 Å². The number of unbranched alkanes of at least 4 members (excludes halogenated alkanes) is 21. The molecule has 352 valence electrons. The van der Waals surface area contributed by atoms with Crippen molar-refractivity contribution in [2.75, 3.05) is 14.2 Å². The molecule has 0 amide bonds. The summed E-state index contributed by atoms with van der Waals surface area (Å²) >= 11 is 0. The molecule has 65 heavy (non-hydrogen) atoms. The second kappa shape index (κ2) is 30.1. The van der Waals surface area contributed by atoms with Crippen LogP contribution in [0, 0.1) is 6.92 Å². The molecule has 0 radical (unpaired) electrons. The van der Waals surface area contributed by atoms with E-state index in [0.29, 0.717) is 0 Å². The zero-order valence-corrected chi connectivity index (χ0v) is 42.1. The van der Waals surface area contributed by atoms with Crippen LogP contribution in [-0.2, 0) is 19.3 Å². The van der Waals surface area contributed by atoms with E-state index in [2.05, 4.69) is 119 Å². The molecule has 2 nitrogen and oxygen atoms in total. The fraction of sp³-hybridized carbons (Fsp3) is 0.524. The fourth-order valence-corrected chi connectivity index (χ4v) is 9.71. The smallest absolute Gasteiger partial charge is 0.127 e. The van der Waals surface area contributed by atoms with Crippen LogP contribution >= 0.6 is 0 Å². The van der Waals surface area contributed by atoms with Crippen LogP contribution in [0.1, 0.15) is 197 Å². The highest BCUT2D eigenvalue weighted by Gasteiger charge is 2.13. The van der Waals surface area contributed by atoms with E-state index in [1.165, 1.54) is 239 Å². The number of rotatable bonds is 30. The molecule has 0 bridgehead atoms.